The van der Waals surface area contributed by atoms with E-state index in [-0.39, 0.29) is 0 Å². The Morgan fingerprint density at radius 3 is 2.25 bits per heavy atom. The molecule has 0 fully saturated rings. The van der Waals surface area contributed by atoms with Crippen molar-refractivity contribution in [3.63, 3.8) is 0 Å². The van der Waals surface area contributed by atoms with Crippen molar-refractivity contribution in [2.75, 3.05) is 0 Å². The highest BCUT2D eigenvalue weighted by Gasteiger charge is 2.03. The van der Waals surface area contributed by atoms with Gasteiger partial charge in [0, 0.05) is 5.56 Å². The number of aryl methyl sites for hydroxylation is 1. The molecule has 2 aromatic carbocycles. The zero-order valence-corrected chi connectivity index (χ0v) is 9.53. The van der Waals surface area contributed by atoms with Crippen molar-refractivity contribution < 1.29 is 4.79 Å². The van der Waals surface area contributed by atoms with Crippen LogP contribution in [-0.4, -0.2) is 6.29 Å². The average molecular weight is 210 g/mol. The Bertz CT molecular complexity index is 509. The average Bonchev–Trinajstić information content (AvgIpc) is 2.33. The van der Waals surface area contributed by atoms with Gasteiger partial charge in [0.15, 0.2) is 0 Å². The standard InChI is InChI=1S/C15H14O/c1-11-4-3-5-15(12(11)2)14-8-6-13(10-16)7-9-14/h3-10H,1-2H3. The Labute approximate surface area is 95.7 Å². The van der Waals surface area contributed by atoms with Crippen LogP contribution in [0.5, 0.6) is 0 Å². The minimum atomic E-state index is 0.717. The minimum absolute atomic E-state index is 0.717. The van der Waals surface area contributed by atoms with E-state index in [1.165, 1.54) is 16.7 Å². The van der Waals surface area contributed by atoms with E-state index in [9.17, 15) is 4.79 Å². The fourth-order valence-corrected chi connectivity index (χ4v) is 1.81. The van der Waals surface area contributed by atoms with E-state index in [1.54, 1.807) is 0 Å². The lowest BCUT2D eigenvalue weighted by Gasteiger charge is -2.08. The third kappa shape index (κ3) is 1.89. The zero-order valence-electron chi connectivity index (χ0n) is 9.53. The molecule has 0 unspecified atom stereocenters. The van der Waals surface area contributed by atoms with Crippen LogP contribution in [0.1, 0.15) is 21.5 Å². The van der Waals surface area contributed by atoms with Gasteiger partial charge in [-0.3, -0.25) is 4.79 Å². The van der Waals surface area contributed by atoms with Crippen LogP contribution < -0.4 is 0 Å². The second-order valence-corrected chi connectivity index (χ2v) is 3.99. The van der Waals surface area contributed by atoms with Gasteiger partial charge in [-0.05, 0) is 36.1 Å². The van der Waals surface area contributed by atoms with E-state index >= 15 is 0 Å². The van der Waals surface area contributed by atoms with Gasteiger partial charge in [0.2, 0.25) is 0 Å². The molecule has 80 valence electrons. The van der Waals surface area contributed by atoms with Gasteiger partial charge in [-0.2, -0.15) is 0 Å². The molecule has 0 aliphatic rings. The van der Waals surface area contributed by atoms with Crippen LogP contribution in [-0.2, 0) is 0 Å². The highest BCUT2D eigenvalue weighted by molar-refractivity contribution is 5.77. The molecule has 0 heterocycles. The molecule has 0 aliphatic carbocycles. The lowest BCUT2D eigenvalue weighted by molar-refractivity contribution is 0.112. The van der Waals surface area contributed by atoms with Crippen LogP contribution in [0.4, 0.5) is 0 Å². The Balaban J connectivity index is 2.50. The number of aldehydes is 1. The van der Waals surface area contributed by atoms with Gasteiger partial charge in [-0.25, -0.2) is 0 Å². The van der Waals surface area contributed by atoms with Crippen LogP contribution in [0.25, 0.3) is 11.1 Å². The third-order valence-electron chi connectivity index (χ3n) is 2.96. The van der Waals surface area contributed by atoms with Gasteiger partial charge < -0.3 is 0 Å². The lowest BCUT2D eigenvalue weighted by Crippen LogP contribution is -1.87. The summed E-state index contributed by atoms with van der Waals surface area (Å²) in [4.78, 5) is 10.6. The first-order chi connectivity index (χ1) is 7.72. The van der Waals surface area contributed by atoms with Crippen molar-refractivity contribution in [2.45, 2.75) is 13.8 Å². The summed E-state index contributed by atoms with van der Waals surface area (Å²) in [6.45, 7) is 4.23. The Kier molecular flexibility index (Phi) is 2.86. The van der Waals surface area contributed by atoms with Gasteiger partial charge in [0.05, 0.1) is 0 Å². The zero-order chi connectivity index (χ0) is 11.5. The number of carbonyl (C=O) groups is 1. The quantitative estimate of drug-likeness (QED) is 0.689. The molecular formula is C15H14O. The molecule has 0 aromatic heterocycles. The molecule has 0 atom stereocenters. The molecule has 0 saturated heterocycles. The summed E-state index contributed by atoms with van der Waals surface area (Å²) < 4.78 is 0. The summed E-state index contributed by atoms with van der Waals surface area (Å²) in [7, 11) is 0. The second-order valence-electron chi connectivity index (χ2n) is 3.99. The summed E-state index contributed by atoms with van der Waals surface area (Å²) in [5.74, 6) is 0. The molecule has 0 aliphatic heterocycles. The van der Waals surface area contributed by atoms with Crippen LogP contribution in [0.3, 0.4) is 0 Å². The Hall–Kier alpha value is -1.89. The van der Waals surface area contributed by atoms with Gasteiger partial charge >= 0.3 is 0 Å². The highest BCUT2D eigenvalue weighted by Crippen LogP contribution is 2.25. The van der Waals surface area contributed by atoms with Gasteiger partial charge in [0.1, 0.15) is 6.29 Å². The summed E-state index contributed by atoms with van der Waals surface area (Å²) >= 11 is 0. The van der Waals surface area contributed by atoms with Crippen molar-refractivity contribution >= 4 is 6.29 Å². The van der Waals surface area contributed by atoms with Gasteiger partial charge in [0.25, 0.3) is 0 Å². The first-order valence-corrected chi connectivity index (χ1v) is 5.34. The van der Waals surface area contributed by atoms with Crippen LogP contribution in [0.2, 0.25) is 0 Å². The molecular weight excluding hydrogens is 196 g/mol. The summed E-state index contributed by atoms with van der Waals surface area (Å²) in [6, 6.07) is 14.0. The first kappa shape index (κ1) is 10.6. The van der Waals surface area contributed by atoms with Gasteiger partial charge in [-0.1, -0.05) is 42.5 Å². The van der Waals surface area contributed by atoms with Crippen molar-refractivity contribution in [3.05, 3.63) is 59.2 Å². The maximum absolute atomic E-state index is 10.6. The molecule has 0 spiro atoms. The predicted molar refractivity (Wildman–Crippen MR) is 66.7 cm³/mol. The van der Waals surface area contributed by atoms with Crippen molar-refractivity contribution in [1.29, 1.82) is 0 Å². The van der Waals surface area contributed by atoms with Crippen LogP contribution in [0.15, 0.2) is 42.5 Å². The fourth-order valence-electron chi connectivity index (χ4n) is 1.81. The number of hydrogen-bond acceptors (Lipinski definition) is 1. The monoisotopic (exact) mass is 210 g/mol. The molecule has 0 amide bonds. The maximum Gasteiger partial charge on any atom is 0.150 e. The molecule has 1 nitrogen and oxygen atoms in total. The number of benzene rings is 2. The summed E-state index contributed by atoms with van der Waals surface area (Å²) in [6.07, 6.45) is 0.868. The molecule has 0 bridgehead atoms. The van der Waals surface area contributed by atoms with E-state index in [2.05, 4.69) is 32.0 Å². The first-order valence-electron chi connectivity index (χ1n) is 5.34. The highest BCUT2D eigenvalue weighted by atomic mass is 16.1. The molecule has 0 radical (unpaired) electrons. The minimum Gasteiger partial charge on any atom is -0.298 e. The third-order valence-corrected chi connectivity index (χ3v) is 2.96. The molecule has 1 heteroatoms. The van der Waals surface area contributed by atoms with Crippen LogP contribution >= 0.6 is 0 Å². The molecule has 16 heavy (non-hydrogen) atoms. The molecule has 2 aromatic rings. The van der Waals surface area contributed by atoms with E-state index in [0.29, 0.717) is 5.56 Å². The SMILES string of the molecule is Cc1cccc(-c2ccc(C=O)cc2)c1C. The lowest BCUT2D eigenvalue weighted by atomic mass is 9.96. The molecule has 2 rings (SSSR count). The topological polar surface area (TPSA) is 17.1 Å². The molecule has 0 saturated carbocycles. The van der Waals surface area contributed by atoms with Crippen molar-refractivity contribution in [1.82, 2.24) is 0 Å². The van der Waals surface area contributed by atoms with E-state index in [4.69, 9.17) is 0 Å². The smallest absolute Gasteiger partial charge is 0.150 e. The summed E-state index contributed by atoms with van der Waals surface area (Å²) in [5, 5.41) is 0. The number of rotatable bonds is 2. The Morgan fingerprint density at radius 2 is 1.62 bits per heavy atom. The largest absolute Gasteiger partial charge is 0.298 e. The van der Waals surface area contributed by atoms with Crippen LogP contribution in [0, 0.1) is 13.8 Å². The maximum atomic E-state index is 10.6. The van der Waals surface area contributed by atoms with E-state index < -0.39 is 0 Å². The number of hydrogen-bond donors (Lipinski definition) is 0. The second kappa shape index (κ2) is 4.31. The molecule has 0 N–H and O–H groups in total. The van der Waals surface area contributed by atoms with Gasteiger partial charge in [-0.15, -0.1) is 0 Å². The Morgan fingerprint density at radius 1 is 0.938 bits per heavy atom. The van der Waals surface area contributed by atoms with Crippen molar-refractivity contribution in [3.8, 4) is 11.1 Å². The van der Waals surface area contributed by atoms with E-state index in [0.717, 1.165) is 11.8 Å². The predicted octanol–water partition coefficient (Wildman–Crippen LogP) is 3.78. The normalized spacial score (nSPS) is 10.1. The van der Waals surface area contributed by atoms with E-state index in [1.807, 2.05) is 24.3 Å². The summed E-state index contributed by atoms with van der Waals surface area (Å²) in [5.41, 5.74) is 5.69. The number of carbonyl (C=O) groups excluding carboxylic acids is 1. The van der Waals surface area contributed by atoms with Crippen molar-refractivity contribution in [2.24, 2.45) is 0 Å². The fraction of sp³-hybridized carbons (Fsp3) is 0.133.